The third-order valence-corrected chi connectivity index (χ3v) is 4.10. The minimum atomic E-state index is 0.728. The second-order valence-electron chi connectivity index (χ2n) is 5.22. The lowest BCUT2D eigenvalue weighted by molar-refractivity contribution is 1.14. The third kappa shape index (κ3) is 2.00. The molecule has 0 amide bonds. The van der Waals surface area contributed by atoms with Crippen molar-refractivity contribution in [3.05, 3.63) is 51.8 Å². The molecule has 0 aliphatic carbocycles. The largest absolute Gasteiger partial charge is 0.398 e. The van der Waals surface area contributed by atoms with Crippen LogP contribution in [-0.4, -0.2) is 9.38 Å². The summed E-state index contributed by atoms with van der Waals surface area (Å²) in [7, 11) is 0. The highest BCUT2D eigenvalue weighted by molar-refractivity contribution is 9.10. The van der Waals surface area contributed by atoms with Gasteiger partial charge in [0.2, 0.25) is 0 Å². The van der Waals surface area contributed by atoms with Crippen LogP contribution >= 0.6 is 15.9 Å². The van der Waals surface area contributed by atoms with Gasteiger partial charge in [0.25, 0.3) is 0 Å². The Labute approximate surface area is 126 Å². The van der Waals surface area contributed by atoms with Crippen molar-refractivity contribution in [1.82, 2.24) is 9.38 Å². The Kier molecular flexibility index (Phi) is 3.05. The van der Waals surface area contributed by atoms with Crippen LogP contribution < -0.4 is 5.73 Å². The second-order valence-corrected chi connectivity index (χ2v) is 5.97. The van der Waals surface area contributed by atoms with Gasteiger partial charge in [-0.15, -0.1) is 0 Å². The molecule has 0 radical (unpaired) electrons. The van der Waals surface area contributed by atoms with Crippen LogP contribution in [0.25, 0.3) is 16.9 Å². The lowest BCUT2D eigenvalue weighted by atomic mass is 9.99. The number of hydrogen-bond donors (Lipinski definition) is 1. The predicted molar refractivity (Wildman–Crippen MR) is 87.0 cm³/mol. The van der Waals surface area contributed by atoms with E-state index in [-0.39, 0.29) is 0 Å². The molecule has 0 saturated heterocycles. The number of benzene rings is 1. The Morgan fingerprint density at radius 2 is 1.75 bits per heavy atom. The zero-order valence-corrected chi connectivity index (χ0v) is 13.3. The van der Waals surface area contributed by atoms with Gasteiger partial charge in [-0.25, -0.2) is 4.98 Å². The van der Waals surface area contributed by atoms with Gasteiger partial charge in [-0.05, 0) is 60.0 Å². The van der Waals surface area contributed by atoms with Gasteiger partial charge in [-0.3, -0.25) is 4.40 Å². The van der Waals surface area contributed by atoms with Crippen LogP contribution in [0.5, 0.6) is 0 Å². The Bertz CT molecular complexity index is 795. The number of nitrogens with zero attached hydrogens (tertiary/aromatic N) is 2. The molecule has 0 spiro atoms. The molecular formula is C16H16BrN3. The maximum Gasteiger partial charge on any atom is 0.146 e. The van der Waals surface area contributed by atoms with Gasteiger partial charge in [-0.2, -0.15) is 0 Å². The first-order valence-corrected chi connectivity index (χ1v) is 7.28. The van der Waals surface area contributed by atoms with Crippen LogP contribution in [0.2, 0.25) is 0 Å². The summed E-state index contributed by atoms with van der Waals surface area (Å²) in [6, 6.07) is 8.24. The van der Waals surface area contributed by atoms with Gasteiger partial charge in [0.05, 0.1) is 5.52 Å². The van der Waals surface area contributed by atoms with Crippen molar-refractivity contribution in [2.75, 3.05) is 5.73 Å². The number of rotatable bonds is 1. The van der Waals surface area contributed by atoms with Gasteiger partial charge in [0.1, 0.15) is 10.4 Å². The van der Waals surface area contributed by atoms with Gasteiger partial charge in [0, 0.05) is 17.4 Å². The number of nitrogen functional groups attached to an aromatic ring is 1. The molecule has 3 rings (SSSR count). The average molecular weight is 330 g/mol. The molecule has 3 nitrogen and oxygen atoms in total. The van der Waals surface area contributed by atoms with Crippen LogP contribution in [0, 0.1) is 20.8 Å². The molecule has 0 unspecified atom stereocenters. The fourth-order valence-corrected chi connectivity index (χ4v) is 3.26. The number of nitrogens with two attached hydrogens (primary N) is 1. The van der Waals surface area contributed by atoms with Crippen molar-refractivity contribution in [1.29, 1.82) is 0 Å². The standard InChI is InChI=1S/C16H16BrN3/c1-9-6-10(2)14(11(3)7-9)16-19-15(17)13-5-4-12(18)8-20(13)16/h4-8H,18H2,1-3H3. The van der Waals surface area contributed by atoms with Crippen LogP contribution in [0.3, 0.4) is 0 Å². The van der Waals surface area contributed by atoms with E-state index in [0.717, 1.165) is 21.6 Å². The first kappa shape index (κ1) is 13.2. The van der Waals surface area contributed by atoms with Crippen molar-refractivity contribution >= 4 is 27.1 Å². The molecular weight excluding hydrogens is 314 g/mol. The molecule has 0 fully saturated rings. The van der Waals surface area contributed by atoms with Gasteiger partial charge < -0.3 is 5.73 Å². The molecule has 0 aliphatic heterocycles. The van der Waals surface area contributed by atoms with E-state index in [1.807, 2.05) is 22.7 Å². The molecule has 0 bridgehead atoms. The molecule has 0 saturated carbocycles. The van der Waals surface area contributed by atoms with Crippen LogP contribution in [0.4, 0.5) is 5.69 Å². The van der Waals surface area contributed by atoms with E-state index in [9.17, 15) is 0 Å². The van der Waals surface area contributed by atoms with E-state index in [2.05, 4.69) is 53.8 Å². The van der Waals surface area contributed by atoms with Crippen molar-refractivity contribution in [2.45, 2.75) is 20.8 Å². The van der Waals surface area contributed by atoms with Crippen molar-refractivity contribution < 1.29 is 0 Å². The van der Waals surface area contributed by atoms with E-state index in [1.54, 1.807) is 0 Å². The number of imidazole rings is 1. The minimum absolute atomic E-state index is 0.728. The fraction of sp³-hybridized carbons (Fsp3) is 0.188. The Hall–Kier alpha value is -1.81. The minimum Gasteiger partial charge on any atom is -0.398 e. The number of fused-ring (bicyclic) bond motifs is 1. The van der Waals surface area contributed by atoms with Crippen molar-refractivity contribution in [3.63, 3.8) is 0 Å². The van der Waals surface area contributed by atoms with E-state index in [1.165, 1.54) is 22.3 Å². The SMILES string of the molecule is Cc1cc(C)c(-c2nc(Br)c3ccc(N)cn23)c(C)c1. The van der Waals surface area contributed by atoms with Crippen LogP contribution in [0.15, 0.2) is 35.1 Å². The molecule has 20 heavy (non-hydrogen) atoms. The number of anilines is 1. The van der Waals surface area contributed by atoms with E-state index in [0.29, 0.717) is 0 Å². The normalized spacial score (nSPS) is 11.2. The molecule has 2 N–H and O–H groups in total. The summed E-state index contributed by atoms with van der Waals surface area (Å²) in [6.07, 6.45) is 1.92. The zero-order valence-electron chi connectivity index (χ0n) is 11.7. The molecule has 0 atom stereocenters. The first-order chi connectivity index (χ1) is 9.47. The summed E-state index contributed by atoms with van der Waals surface area (Å²) in [4.78, 5) is 4.68. The quantitative estimate of drug-likeness (QED) is 0.724. The summed E-state index contributed by atoms with van der Waals surface area (Å²) in [5.74, 6) is 0.925. The van der Waals surface area contributed by atoms with E-state index >= 15 is 0 Å². The molecule has 3 aromatic rings. The zero-order chi connectivity index (χ0) is 14.4. The van der Waals surface area contributed by atoms with E-state index < -0.39 is 0 Å². The van der Waals surface area contributed by atoms with E-state index in [4.69, 9.17) is 5.73 Å². The summed E-state index contributed by atoms with van der Waals surface area (Å²) >= 11 is 3.53. The van der Waals surface area contributed by atoms with Gasteiger partial charge >= 0.3 is 0 Å². The summed E-state index contributed by atoms with van der Waals surface area (Å²) in [6.45, 7) is 6.36. The Morgan fingerprint density at radius 1 is 1.10 bits per heavy atom. The molecule has 4 heteroatoms. The van der Waals surface area contributed by atoms with Gasteiger partial charge in [0.15, 0.2) is 0 Å². The van der Waals surface area contributed by atoms with Crippen LogP contribution in [-0.2, 0) is 0 Å². The number of aromatic nitrogens is 2. The van der Waals surface area contributed by atoms with Crippen molar-refractivity contribution in [3.8, 4) is 11.4 Å². The number of hydrogen-bond acceptors (Lipinski definition) is 2. The third-order valence-electron chi connectivity index (χ3n) is 3.52. The maximum absolute atomic E-state index is 5.92. The van der Waals surface area contributed by atoms with Crippen LogP contribution in [0.1, 0.15) is 16.7 Å². The lowest BCUT2D eigenvalue weighted by Crippen LogP contribution is -1.97. The lowest BCUT2D eigenvalue weighted by Gasteiger charge is -2.10. The smallest absolute Gasteiger partial charge is 0.146 e. The predicted octanol–water partition coefficient (Wildman–Crippen LogP) is 4.27. The Morgan fingerprint density at radius 3 is 2.40 bits per heavy atom. The summed E-state index contributed by atoms with van der Waals surface area (Å²) < 4.78 is 2.89. The fourth-order valence-electron chi connectivity index (χ4n) is 2.77. The van der Waals surface area contributed by atoms with Gasteiger partial charge in [-0.1, -0.05) is 17.7 Å². The summed E-state index contributed by atoms with van der Waals surface area (Å²) in [5.41, 5.74) is 12.6. The van der Waals surface area contributed by atoms with Crippen molar-refractivity contribution in [2.24, 2.45) is 0 Å². The monoisotopic (exact) mass is 329 g/mol. The highest BCUT2D eigenvalue weighted by atomic mass is 79.9. The second kappa shape index (κ2) is 4.63. The summed E-state index contributed by atoms with van der Waals surface area (Å²) in [5, 5.41) is 0. The Balaban J connectivity index is 2.38. The molecule has 102 valence electrons. The molecule has 2 heterocycles. The first-order valence-electron chi connectivity index (χ1n) is 6.48. The number of pyridine rings is 1. The highest BCUT2D eigenvalue weighted by Crippen LogP contribution is 2.31. The molecule has 2 aromatic heterocycles. The topological polar surface area (TPSA) is 43.3 Å². The maximum atomic E-state index is 5.92. The number of halogens is 1. The highest BCUT2D eigenvalue weighted by Gasteiger charge is 2.15. The average Bonchev–Trinajstić information content (AvgIpc) is 2.65. The molecule has 0 aliphatic rings. The molecule has 1 aromatic carbocycles. The number of aryl methyl sites for hydroxylation is 3.